The standard InChI is InChI=1S/C14H22OSi/c1-5-13(15)14(16(2,3)4)11-12-9-7-6-8-10-12/h6-10,14H,5,11H2,1-4H3. The van der Waals surface area contributed by atoms with Gasteiger partial charge in [-0.15, -0.1) is 0 Å². The van der Waals surface area contributed by atoms with Gasteiger partial charge in [0, 0.05) is 12.0 Å². The van der Waals surface area contributed by atoms with Crippen molar-refractivity contribution in [1.29, 1.82) is 0 Å². The zero-order chi connectivity index (χ0) is 12.2. The fourth-order valence-corrected chi connectivity index (χ4v) is 4.02. The van der Waals surface area contributed by atoms with E-state index in [9.17, 15) is 4.79 Å². The van der Waals surface area contributed by atoms with Crippen LogP contribution in [0.3, 0.4) is 0 Å². The van der Waals surface area contributed by atoms with Gasteiger partial charge in [-0.1, -0.05) is 56.9 Å². The summed E-state index contributed by atoms with van der Waals surface area (Å²) < 4.78 is 0. The smallest absolute Gasteiger partial charge is 0.133 e. The molecule has 0 aromatic heterocycles. The molecule has 1 nitrogen and oxygen atoms in total. The number of rotatable bonds is 5. The van der Waals surface area contributed by atoms with Crippen molar-refractivity contribution in [3.63, 3.8) is 0 Å². The first-order valence-corrected chi connectivity index (χ1v) is 9.59. The Labute approximate surface area is 99.9 Å². The van der Waals surface area contributed by atoms with Gasteiger partial charge in [-0.25, -0.2) is 0 Å². The van der Waals surface area contributed by atoms with Gasteiger partial charge in [-0.2, -0.15) is 0 Å². The summed E-state index contributed by atoms with van der Waals surface area (Å²) in [5.74, 6) is 0.433. The SMILES string of the molecule is CCC(=O)C(Cc1ccccc1)[Si](C)(C)C. The van der Waals surface area contributed by atoms with Gasteiger partial charge >= 0.3 is 0 Å². The Morgan fingerprint density at radius 2 is 1.75 bits per heavy atom. The highest BCUT2D eigenvalue weighted by Crippen LogP contribution is 2.28. The molecule has 0 radical (unpaired) electrons. The van der Waals surface area contributed by atoms with Crippen molar-refractivity contribution in [1.82, 2.24) is 0 Å². The molecule has 0 aliphatic carbocycles. The number of carbonyl (C=O) groups excluding carboxylic acids is 1. The molecule has 1 aromatic rings. The molecular weight excluding hydrogens is 212 g/mol. The van der Waals surface area contributed by atoms with Crippen LogP contribution in [0.5, 0.6) is 0 Å². The summed E-state index contributed by atoms with van der Waals surface area (Å²) in [5.41, 5.74) is 1.55. The quantitative estimate of drug-likeness (QED) is 0.706. The van der Waals surface area contributed by atoms with E-state index in [4.69, 9.17) is 0 Å². The molecule has 0 spiro atoms. The lowest BCUT2D eigenvalue weighted by Gasteiger charge is -2.27. The molecule has 0 bridgehead atoms. The lowest BCUT2D eigenvalue weighted by atomic mass is 10.1. The molecule has 1 aromatic carbocycles. The van der Waals surface area contributed by atoms with Crippen molar-refractivity contribution in [3.05, 3.63) is 35.9 Å². The van der Waals surface area contributed by atoms with E-state index in [0.29, 0.717) is 12.2 Å². The van der Waals surface area contributed by atoms with Crippen LogP contribution in [0.2, 0.25) is 25.2 Å². The van der Waals surface area contributed by atoms with E-state index in [0.717, 1.165) is 6.42 Å². The van der Waals surface area contributed by atoms with Crippen molar-refractivity contribution >= 4 is 13.9 Å². The second kappa shape index (κ2) is 5.44. The van der Waals surface area contributed by atoms with E-state index in [2.05, 4.69) is 31.8 Å². The molecule has 1 atom stereocenters. The molecule has 88 valence electrons. The van der Waals surface area contributed by atoms with E-state index >= 15 is 0 Å². The Morgan fingerprint density at radius 3 is 2.19 bits per heavy atom. The zero-order valence-electron chi connectivity index (χ0n) is 10.8. The number of carbonyl (C=O) groups is 1. The van der Waals surface area contributed by atoms with Gasteiger partial charge in [0.2, 0.25) is 0 Å². The molecular formula is C14H22OSi. The number of hydrogen-bond donors (Lipinski definition) is 0. The minimum Gasteiger partial charge on any atom is -0.300 e. The number of Topliss-reactive ketones (excluding diaryl/α,β-unsaturated/α-hetero) is 1. The fourth-order valence-electron chi connectivity index (χ4n) is 2.00. The van der Waals surface area contributed by atoms with Crippen LogP contribution in [-0.2, 0) is 11.2 Å². The highest BCUT2D eigenvalue weighted by molar-refractivity contribution is 6.80. The molecule has 1 unspecified atom stereocenters. The van der Waals surface area contributed by atoms with Gasteiger partial charge in [0.05, 0.1) is 8.07 Å². The maximum atomic E-state index is 12.0. The molecule has 0 amide bonds. The highest BCUT2D eigenvalue weighted by atomic mass is 28.3. The topological polar surface area (TPSA) is 17.1 Å². The van der Waals surface area contributed by atoms with E-state index in [1.807, 2.05) is 25.1 Å². The molecule has 0 aliphatic heterocycles. The van der Waals surface area contributed by atoms with E-state index < -0.39 is 8.07 Å². The van der Waals surface area contributed by atoms with E-state index in [-0.39, 0.29) is 5.54 Å². The van der Waals surface area contributed by atoms with Crippen LogP contribution in [0.1, 0.15) is 18.9 Å². The summed E-state index contributed by atoms with van der Waals surface area (Å²) >= 11 is 0. The third-order valence-electron chi connectivity index (χ3n) is 3.07. The summed E-state index contributed by atoms with van der Waals surface area (Å²) in [6, 6.07) is 10.4. The van der Waals surface area contributed by atoms with Gasteiger partial charge < -0.3 is 0 Å². The molecule has 0 fully saturated rings. The Hall–Kier alpha value is -0.893. The number of benzene rings is 1. The van der Waals surface area contributed by atoms with Gasteiger partial charge in [0.1, 0.15) is 5.78 Å². The van der Waals surface area contributed by atoms with Crippen molar-refractivity contribution < 1.29 is 4.79 Å². The minimum atomic E-state index is -1.40. The van der Waals surface area contributed by atoms with Crippen LogP contribution in [-0.4, -0.2) is 13.9 Å². The van der Waals surface area contributed by atoms with Gasteiger partial charge in [0.15, 0.2) is 0 Å². The second-order valence-electron chi connectivity index (χ2n) is 5.43. The monoisotopic (exact) mass is 234 g/mol. The van der Waals surface area contributed by atoms with Gasteiger partial charge in [-0.3, -0.25) is 4.79 Å². The van der Waals surface area contributed by atoms with Gasteiger partial charge in [-0.05, 0) is 12.0 Å². The summed E-state index contributed by atoms with van der Waals surface area (Å²) in [5, 5.41) is 0. The average Bonchev–Trinajstić information content (AvgIpc) is 2.25. The van der Waals surface area contributed by atoms with E-state index in [1.165, 1.54) is 5.56 Å². The number of hydrogen-bond acceptors (Lipinski definition) is 1. The molecule has 2 heteroatoms. The van der Waals surface area contributed by atoms with Crippen molar-refractivity contribution in [2.45, 2.75) is 44.9 Å². The Morgan fingerprint density at radius 1 is 1.19 bits per heavy atom. The summed E-state index contributed by atoms with van der Waals surface area (Å²) in [7, 11) is -1.40. The molecule has 0 heterocycles. The first kappa shape index (κ1) is 13.2. The second-order valence-corrected chi connectivity index (χ2v) is 10.9. The molecule has 16 heavy (non-hydrogen) atoms. The molecule has 0 N–H and O–H groups in total. The Kier molecular flexibility index (Phi) is 4.48. The van der Waals surface area contributed by atoms with Crippen molar-refractivity contribution in [3.8, 4) is 0 Å². The Balaban J connectivity index is 2.84. The largest absolute Gasteiger partial charge is 0.300 e. The van der Waals surface area contributed by atoms with E-state index in [1.54, 1.807) is 0 Å². The lowest BCUT2D eigenvalue weighted by Crippen LogP contribution is -2.35. The average molecular weight is 234 g/mol. The predicted molar refractivity (Wildman–Crippen MR) is 72.5 cm³/mol. The van der Waals surface area contributed by atoms with Crippen LogP contribution in [0, 0.1) is 0 Å². The van der Waals surface area contributed by atoms with Crippen LogP contribution in [0.4, 0.5) is 0 Å². The molecule has 0 saturated carbocycles. The fraction of sp³-hybridized carbons (Fsp3) is 0.500. The summed E-state index contributed by atoms with van der Waals surface area (Å²) in [6.07, 6.45) is 1.59. The molecule has 1 rings (SSSR count). The minimum absolute atomic E-state index is 0.264. The van der Waals surface area contributed by atoms with Crippen LogP contribution in [0.15, 0.2) is 30.3 Å². The maximum absolute atomic E-state index is 12.0. The van der Waals surface area contributed by atoms with Gasteiger partial charge in [0.25, 0.3) is 0 Å². The summed E-state index contributed by atoms with van der Waals surface area (Å²) in [4.78, 5) is 12.0. The zero-order valence-corrected chi connectivity index (χ0v) is 11.8. The third kappa shape index (κ3) is 3.60. The van der Waals surface area contributed by atoms with Crippen LogP contribution >= 0.6 is 0 Å². The molecule has 0 saturated heterocycles. The van der Waals surface area contributed by atoms with Crippen molar-refractivity contribution in [2.75, 3.05) is 0 Å². The normalized spacial score (nSPS) is 13.5. The number of ketones is 1. The van der Waals surface area contributed by atoms with Crippen LogP contribution in [0.25, 0.3) is 0 Å². The summed E-state index contributed by atoms with van der Waals surface area (Å²) in [6.45, 7) is 8.83. The predicted octanol–water partition coefficient (Wildman–Crippen LogP) is 3.92. The first-order chi connectivity index (χ1) is 7.45. The maximum Gasteiger partial charge on any atom is 0.133 e. The Bertz CT molecular complexity index is 338. The first-order valence-electron chi connectivity index (χ1n) is 6.01. The highest BCUT2D eigenvalue weighted by Gasteiger charge is 2.31. The molecule has 0 aliphatic rings. The lowest BCUT2D eigenvalue weighted by molar-refractivity contribution is -0.118. The van der Waals surface area contributed by atoms with Crippen molar-refractivity contribution in [2.24, 2.45) is 0 Å². The third-order valence-corrected chi connectivity index (χ3v) is 5.68. The van der Waals surface area contributed by atoms with Crippen LogP contribution < -0.4 is 0 Å².